The molecule has 8 nitrogen and oxygen atoms in total. The number of amides is 3. The lowest BCUT2D eigenvalue weighted by Crippen LogP contribution is -2.43. The van der Waals surface area contributed by atoms with E-state index in [1.54, 1.807) is 0 Å². The molecule has 2 aromatic carbocycles. The van der Waals surface area contributed by atoms with Crippen molar-refractivity contribution in [1.82, 2.24) is 9.21 Å². The van der Waals surface area contributed by atoms with E-state index in [2.05, 4.69) is 5.32 Å². The molecule has 1 N–H and O–H groups in total. The highest BCUT2D eigenvalue weighted by Gasteiger charge is 2.40. The zero-order valence-corrected chi connectivity index (χ0v) is 17.5. The van der Waals surface area contributed by atoms with Crippen LogP contribution in [0.4, 0.5) is 5.69 Å². The Kier molecular flexibility index (Phi) is 5.13. The molecule has 0 aliphatic carbocycles. The van der Waals surface area contributed by atoms with Gasteiger partial charge >= 0.3 is 0 Å². The number of hydrogen-bond acceptors (Lipinski definition) is 5. The number of rotatable bonds is 4. The number of fused-ring (bicyclic) bond motifs is 1. The minimum absolute atomic E-state index is 0.0660. The normalized spacial score (nSPS) is 19.3. The molecule has 1 fully saturated rings. The molecule has 0 spiro atoms. The van der Waals surface area contributed by atoms with Crippen LogP contribution in [-0.4, -0.2) is 55.0 Å². The first-order valence-electron chi connectivity index (χ1n) is 9.25. The highest BCUT2D eigenvalue weighted by atomic mass is 35.5. The van der Waals surface area contributed by atoms with Crippen molar-refractivity contribution in [2.45, 2.75) is 23.8 Å². The summed E-state index contributed by atoms with van der Waals surface area (Å²) in [5.41, 5.74) is 0.802. The fourth-order valence-electron chi connectivity index (χ4n) is 3.70. The van der Waals surface area contributed by atoms with Crippen LogP contribution in [0.25, 0.3) is 0 Å². The van der Waals surface area contributed by atoms with Crippen molar-refractivity contribution in [2.75, 3.05) is 18.9 Å². The molecule has 2 aliphatic heterocycles. The lowest BCUT2D eigenvalue weighted by Gasteiger charge is -2.23. The van der Waals surface area contributed by atoms with Gasteiger partial charge in [0.15, 0.2) is 0 Å². The molecule has 2 aromatic rings. The van der Waals surface area contributed by atoms with Crippen molar-refractivity contribution in [1.29, 1.82) is 0 Å². The highest BCUT2D eigenvalue weighted by molar-refractivity contribution is 7.89. The van der Waals surface area contributed by atoms with Gasteiger partial charge in [-0.15, -0.1) is 0 Å². The highest BCUT2D eigenvalue weighted by Crippen LogP contribution is 2.29. The van der Waals surface area contributed by atoms with Gasteiger partial charge in [0.05, 0.1) is 16.0 Å². The average molecular weight is 448 g/mol. The maximum atomic E-state index is 13.0. The molecule has 30 heavy (non-hydrogen) atoms. The molecule has 1 atom stereocenters. The van der Waals surface area contributed by atoms with E-state index in [-0.39, 0.29) is 22.6 Å². The molecule has 0 saturated carbocycles. The van der Waals surface area contributed by atoms with Gasteiger partial charge in [-0.2, -0.15) is 4.31 Å². The predicted molar refractivity (Wildman–Crippen MR) is 110 cm³/mol. The Balaban J connectivity index is 1.56. The van der Waals surface area contributed by atoms with Crippen molar-refractivity contribution >= 4 is 45.0 Å². The van der Waals surface area contributed by atoms with E-state index < -0.39 is 33.8 Å². The second kappa shape index (κ2) is 7.50. The van der Waals surface area contributed by atoms with E-state index >= 15 is 0 Å². The third kappa shape index (κ3) is 3.38. The summed E-state index contributed by atoms with van der Waals surface area (Å²) in [6, 6.07) is 9.34. The van der Waals surface area contributed by atoms with Crippen LogP contribution in [0.5, 0.6) is 0 Å². The lowest BCUT2D eigenvalue weighted by molar-refractivity contribution is -0.119. The zero-order valence-electron chi connectivity index (χ0n) is 16.0. The van der Waals surface area contributed by atoms with Gasteiger partial charge < -0.3 is 5.32 Å². The third-order valence-corrected chi connectivity index (χ3v) is 7.46. The van der Waals surface area contributed by atoms with Gasteiger partial charge in [-0.3, -0.25) is 19.3 Å². The Morgan fingerprint density at radius 3 is 2.43 bits per heavy atom. The first-order chi connectivity index (χ1) is 14.2. The largest absolute Gasteiger partial charge is 0.325 e. The minimum Gasteiger partial charge on any atom is -0.325 e. The van der Waals surface area contributed by atoms with Crippen LogP contribution in [0, 0.1) is 0 Å². The van der Waals surface area contributed by atoms with Crippen LogP contribution in [0.15, 0.2) is 47.4 Å². The van der Waals surface area contributed by atoms with Crippen LogP contribution in [0.1, 0.15) is 33.6 Å². The van der Waals surface area contributed by atoms with Gasteiger partial charge in [-0.05, 0) is 55.3 Å². The number of nitrogens with zero attached hydrogens (tertiary/aromatic N) is 2. The van der Waals surface area contributed by atoms with Crippen LogP contribution in [-0.2, 0) is 14.8 Å². The van der Waals surface area contributed by atoms with Crippen molar-refractivity contribution in [2.24, 2.45) is 0 Å². The van der Waals surface area contributed by atoms with Gasteiger partial charge in [0.2, 0.25) is 15.9 Å². The van der Waals surface area contributed by atoms with Gasteiger partial charge in [-0.1, -0.05) is 11.6 Å². The molecular formula is C20H18ClN3O5S. The summed E-state index contributed by atoms with van der Waals surface area (Å²) in [6.07, 6.45) is 0.927. The summed E-state index contributed by atoms with van der Waals surface area (Å²) >= 11 is 5.84. The Bertz CT molecular complexity index is 1160. The molecule has 3 amide bonds. The maximum absolute atomic E-state index is 13.0. The lowest BCUT2D eigenvalue weighted by atomic mass is 10.1. The summed E-state index contributed by atoms with van der Waals surface area (Å²) in [5.74, 6) is -1.34. The van der Waals surface area contributed by atoms with Crippen LogP contribution >= 0.6 is 11.6 Å². The number of hydrogen-bond donors (Lipinski definition) is 1. The number of halogens is 1. The molecule has 0 bridgehead atoms. The Labute approximate surface area is 178 Å². The minimum atomic E-state index is -3.87. The molecule has 2 heterocycles. The smallest absolute Gasteiger partial charge is 0.261 e. The SMILES string of the molecule is CN1C(=O)c2ccc(NC(=O)C3CCCN3S(=O)(=O)c3ccc(Cl)cc3)cc2C1=O. The molecule has 1 saturated heterocycles. The van der Waals surface area contributed by atoms with Crippen LogP contribution in [0.2, 0.25) is 5.02 Å². The van der Waals surface area contributed by atoms with Crippen molar-refractivity contribution in [3.05, 3.63) is 58.6 Å². The van der Waals surface area contributed by atoms with Crippen molar-refractivity contribution in [3.63, 3.8) is 0 Å². The molecule has 10 heteroatoms. The van der Waals surface area contributed by atoms with Crippen molar-refractivity contribution < 1.29 is 22.8 Å². The number of carbonyl (C=O) groups is 3. The summed E-state index contributed by atoms with van der Waals surface area (Å²) in [4.78, 5) is 38.1. The Morgan fingerprint density at radius 1 is 1.07 bits per heavy atom. The van der Waals surface area contributed by atoms with Gasteiger partial charge in [0.1, 0.15) is 6.04 Å². The second-order valence-corrected chi connectivity index (χ2v) is 9.47. The standard InChI is InChI=1S/C20H18ClN3O5S/c1-23-19(26)15-9-6-13(11-16(15)20(23)27)22-18(25)17-3-2-10-24(17)30(28,29)14-7-4-12(21)5-8-14/h4-9,11,17H,2-3,10H2,1H3,(H,22,25). The third-order valence-electron chi connectivity index (χ3n) is 5.28. The monoisotopic (exact) mass is 447 g/mol. The summed E-state index contributed by atoms with van der Waals surface area (Å²) in [5, 5.41) is 3.09. The zero-order chi connectivity index (χ0) is 21.6. The number of anilines is 1. The van der Waals surface area contributed by atoms with E-state index in [0.717, 1.165) is 4.90 Å². The number of carbonyl (C=O) groups excluding carboxylic acids is 3. The summed E-state index contributed by atoms with van der Waals surface area (Å²) in [7, 11) is -2.48. The van der Waals surface area contributed by atoms with E-state index in [9.17, 15) is 22.8 Å². The summed E-state index contributed by atoms with van der Waals surface area (Å²) < 4.78 is 27.2. The number of imide groups is 1. The van der Waals surface area contributed by atoms with E-state index in [1.165, 1.54) is 53.8 Å². The first-order valence-corrected chi connectivity index (χ1v) is 11.1. The molecular weight excluding hydrogens is 430 g/mol. The number of nitrogens with one attached hydrogen (secondary N) is 1. The fourth-order valence-corrected chi connectivity index (χ4v) is 5.48. The van der Waals surface area contributed by atoms with Gasteiger partial charge in [0, 0.05) is 24.3 Å². The quantitative estimate of drug-likeness (QED) is 0.724. The number of sulfonamides is 1. The molecule has 156 valence electrons. The average Bonchev–Trinajstić information content (AvgIpc) is 3.30. The summed E-state index contributed by atoms with van der Waals surface area (Å²) in [6.45, 7) is 0.227. The van der Waals surface area contributed by atoms with Crippen LogP contribution < -0.4 is 5.32 Å². The molecule has 1 unspecified atom stereocenters. The van der Waals surface area contributed by atoms with E-state index in [4.69, 9.17) is 11.6 Å². The first kappa shape index (κ1) is 20.5. The van der Waals surface area contributed by atoms with Crippen molar-refractivity contribution in [3.8, 4) is 0 Å². The topological polar surface area (TPSA) is 104 Å². The Hall–Kier alpha value is -2.75. The van der Waals surface area contributed by atoms with Gasteiger partial charge in [-0.25, -0.2) is 8.42 Å². The van der Waals surface area contributed by atoms with E-state index in [0.29, 0.717) is 23.6 Å². The molecule has 4 rings (SSSR count). The molecule has 0 radical (unpaired) electrons. The van der Waals surface area contributed by atoms with Crippen LogP contribution in [0.3, 0.4) is 0 Å². The maximum Gasteiger partial charge on any atom is 0.261 e. The second-order valence-electron chi connectivity index (χ2n) is 7.15. The molecule has 0 aromatic heterocycles. The molecule has 2 aliphatic rings. The predicted octanol–water partition coefficient (Wildman–Crippen LogP) is 2.36. The number of benzene rings is 2. The fraction of sp³-hybridized carbons (Fsp3) is 0.250. The van der Waals surface area contributed by atoms with E-state index in [1.807, 2.05) is 0 Å². The Morgan fingerprint density at radius 2 is 1.73 bits per heavy atom. The van der Waals surface area contributed by atoms with Gasteiger partial charge in [0.25, 0.3) is 11.8 Å².